The SMILES string of the molecule is CC(C)(CCCCCC(N)=O)C(N)=O.CC1(C)CCCCCC(=O)NC1=O. The van der Waals surface area contributed by atoms with Gasteiger partial charge in [-0.05, 0) is 25.7 Å². The minimum Gasteiger partial charge on any atom is -0.370 e. The molecule has 0 unspecified atom stereocenters. The molecule has 0 spiro atoms. The van der Waals surface area contributed by atoms with Crippen LogP contribution in [0.25, 0.3) is 0 Å². The quantitative estimate of drug-likeness (QED) is 0.460. The first-order chi connectivity index (χ1) is 12.4. The highest BCUT2D eigenvalue weighted by Gasteiger charge is 2.29. The third-order valence-corrected chi connectivity index (χ3v) is 4.97. The highest BCUT2D eigenvalue weighted by molar-refractivity contribution is 5.97. The second-order valence-electron chi connectivity index (χ2n) is 8.60. The van der Waals surface area contributed by atoms with Crippen molar-refractivity contribution in [2.75, 3.05) is 0 Å². The average molecular weight is 384 g/mol. The molecule has 0 aliphatic carbocycles. The van der Waals surface area contributed by atoms with Crippen molar-refractivity contribution in [3.63, 3.8) is 0 Å². The standard InChI is InChI=1S/C10H20N2O2.C10H17NO2/c1-10(2,9(12)14)7-5-3-4-6-8(11)13;1-10(2)7-5-3-4-6-8(12)11-9(10)13/h3-7H2,1-2H3,(H2,11,13)(H2,12,14);3-7H2,1-2H3,(H,11,12,13). The maximum Gasteiger partial charge on any atom is 0.232 e. The van der Waals surface area contributed by atoms with E-state index in [1.54, 1.807) is 0 Å². The number of imide groups is 1. The summed E-state index contributed by atoms with van der Waals surface area (Å²) in [6, 6.07) is 0. The number of carbonyl (C=O) groups is 4. The van der Waals surface area contributed by atoms with E-state index in [9.17, 15) is 19.2 Å². The summed E-state index contributed by atoms with van der Waals surface area (Å²) in [5, 5.41) is 2.43. The lowest BCUT2D eigenvalue weighted by atomic mass is 9.86. The van der Waals surface area contributed by atoms with Crippen molar-refractivity contribution in [3.05, 3.63) is 0 Å². The van der Waals surface area contributed by atoms with Crippen LogP contribution in [0.4, 0.5) is 0 Å². The summed E-state index contributed by atoms with van der Waals surface area (Å²) in [7, 11) is 0. The zero-order valence-electron chi connectivity index (χ0n) is 17.4. The van der Waals surface area contributed by atoms with Gasteiger partial charge >= 0.3 is 0 Å². The van der Waals surface area contributed by atoms with Gasteiger partial charge in [0, 0.05) is 23.7 Å². The molecule has 156 valence electrons. The predicted molar refractivity (Wildman–Crippen MR) is 105 cm³/mol. The van der Waals surface area contributed by atoms with Gasteiger partial charge in [-0.2, -0.15) is 0 Å². The Hall–Kier alpha value is -1.92. The molecule has 1 heterocycles. The molecule has 7 heteroatoms. The molecule has 7 nitrogen and oxygen atoms in total. The fraction of sp³-hybridized carbons (Fsp3) is 0.800. The molecule has 1 saturated heterocycles. The summed E-state index contributed by atoms with van der Waals surface area (Å²) in [6.07, 6.45) is 8.14. The fourth-order valence-electron chi connectivity index (χ4n) is 2.67. The van der Waals surface area contributed by atoms with Crippen molar-refractivity contribution in [1.82, 2.24) is 5.32 Å². The summed E-state index contributed by atoms with van der Waals surface area (Å²) in [5.41, 5.74) is 9.39. The van der Waals surface area contributed by atoms with E-state index in [1.807, 2.05) is 27.7 Å². The number of hydrogen-bond donors (Lipinski definition) is 3. The Kier molecular flexibility index (Phi) is 10.9. The Balaban J connectivity index is 0.000000501. The van der Waals surface area contributed by atoms with Gasteiger partial charge in [0.1, 0.15) is 0 Å². The Bertz CT molecular complexity index is 527. The molecule has 5 N–H and O–H groups in total. The molecule has 0 atom stereocenters. The van der Waals surface area contributed by atoms with Crippen molar-refractivity contribution in [1.29, 1.82) is 0 Å². The van der Waals surface area contributed by atoms with Gasteiger partial charge in [0.2, 0.25) is 23.6 Å². The lowest BCUT2D eigenvalue weighted by Crippen LogP contribution is -2.39. The third-order valence-electron chi connectivity index (χ3n) is 4.97. The van der Waals surface area contributed by atoms with Crippen LogP contribution in [0.2, 0.25) is 0 Å². The van der Waals surface area contributed by atoms with Crippen LogP contribution in [0.5, 0.6) is 0 Å². The topological polar surface area (TPSA) is 132 Å². The van der Waals surface area contributed by atoms with Gasteiger partial charge in [0.05, 0.1) is 0 Å². The Morgan fingerprint density at radius 3 is 2.22 bits per heavy atom. The summed E-state index contributed by atoms with van der Waals surface area (Å²) in [5.74, 6) is -0.786. The van der Waals surface area contributed by atoms with Crippen LogP contribution < -0.4 is 16.8 Å². The highest BCUT2D eigenvalue weighted by Crippen LogP contribution is 2.25. The normalized spacial score (nSPS) is 17.5. The first kappa shape index (κ1) is 25.1. The molecule has 0 bridgehead atoms. The Morgan fingerprint density at radius 1 is 1.04 bits per heavy atom. The molecule has 0 saturated carbocycles. The number of rotatable bonds is 7. The first-order valence-corrected chi connectivity index (χ1v) is 9.81. The van der Waals surface area contributed by atoms with Gasteiger partial charge in [-0.15, -0.1) is 0 Å². The third kappa shape index (κ3) is 11.4. The fourth-order valence-corrected chi connectivity index (χ4v) is 2.67. The van der Waals surface area contributed by atoms with Gasteiger partial charge in [0.25, 0.3) is 0 Å². The van der Waals surface area contributed by atoms with Crippen LogP contribution >= 0.6 is 0 Å². The van der Waals surface area contributed by atoms with Gasteiger partial charge < -0.3 is 11.5 Å². The maximum absolute atomic E-state index is 11.5. The molecule has 27 heavy (non-hydrogen) atoms. The second kappa shape index (κ2) is 11.7. The summed E-state index contributed by atoms with van der Waals surface area (Å²) in [4.78, 5) is 44.0. The zero-order chi connectivity index (χ0) is 21.1. The molecular formula is C20H37N3O4. The molecule has 0 aromatic carbocycles. The largest absolute Gasteiger partial charge is 0.370 e. The number of primary amides is 2. The number of carbonyl (C=O) groups excluding carboxylic acids is 4. The molecule has 4 amide bonds. The van der Waals surface area contributed by atoms with E-state index in [2.05, 4.69) is 5.32 Å². The van der Waals surface area contributed by atoms with E-state index in [1.165, 1.54) is 0 Å². The maximum atomic E-state index is 11.5. The minimum absolute atomic E-state index is 0.125. The highest BCUT2D eigenvalue weighted by atomic mass is 16.2. The van der Waals surface area contributed by atoms with Gasteiger partial charge in [0.15, 0.2) is 0 Å². The number of nitrogens with two attached hydrogens (primary N) is 2. The van der Waals surface area contributed by atoms with Crippen molar-refractivity contribution in [3.8, 4) is 0 Å². The molecule has 1 aliphatic rings. The molecule has 1 aliphatic heterocycles. The zero-order valence-corrected chi connectivity index (χ0v) is 17.4. The van der Waals surface area contributed by atoms with Crippen LogP contribution in [0.3, 0.4) is 0 Å². The van der Waals surface area contributed by atoms with Gasteiger partial charge in [-0.3, -0.25) is 24.5 Å². The van der Waals surface area contributed by atoms with E-state index < -0.39 is 5.41 Å². The van der Waals surface area contributed by atoms with Crippen molar-refractivity contribution in [2.24, 2.45) is 22.3 Å². The lowest BCUT2D eigenvalue weighted by molar-refractivity contribution is -0.136. The van der Waals surface area contributed by atoms with Crippen LogP contribution in [0, 0.1) is 10.8 Å². The predicted octanol–water partition coefficient (Wildman–Crippen LogP) is 2.55. The van der Waals surface area contributed by atoms with E-state index in [4.69, 9.17) is 11.5 Å². The number of hydrogen-bond acceptors (Lipinski definition) is 4. The van der Waals surface area contributed by atoms with Crippen LogP contribution in [-0.4, -0.2) is 23.6 Å². The van der Waals surface area contributed by atoms with Crippen LogP contribution in [-0.2, 0) is 19.2 Å². The average Bonchev–Trinajstić information content (AvgIpc) is 2.58. The van der Waals surface area contributed by atoms with E-state index in [0.717, 1.165) is 51.4 Å². The minimum atomic E-state index is -0.438. The molecule has 0 radical (unpaired) electrons. The first-order valence-electron chi connectivity index (χ1n) is 9.81. The van der Waals surface area contributed by atoms with Crippen molar-refractivity contribution in [2.45, 2.75) is 91.9 Å². The van der Waals surface area contributed by atoms with Gasteiger partial charge in [-0.1, -0.05) is 53.4 Å². The lowest BCUT2D eigenvalue weighted by Gasteiger charge is -2.21. The molecule has 1 rings (SSSR count). The number of nitrogens with one attached hydrogen (secondary N) is 1. The number of amides is 4. The van der Waals surface area contributed by atoms with Crippen molar-refractivity contribution < 1.29 is 19.2 Å². The molecular weight excluding hydrogens is 346 g/mol. The Morgan fingerprint density at radius 2 is 1.67 bits per heavy atom. The molecule has 0 aromatic heterocycles. The van der Waals surface area contributed by atoms with Crippen molar-refractivity contribution >= 4 is 23.6 Å². The smallest absolute Gasteiger partial charge is 0.232 e. The summed E-state index contributed by atoms with van der Waals surface area (Å²) >= 11 is 0. The van der Waals surface area contributed by atoms with E-state index >= 15 is 0 Å². The Labute approximate surface area is 163 Å². The summed E-state index contributed by atoms with van der Waals surface area (Å²) < 4.78 is 0. The molecule has 1 fully saturated rings. The van der Waals surface area contributed by atoms with E-state index in [-0.39, 0.29) is 29.0 Å². The number of unbranched alkanes of at least 4 members (excludes halogenated alkanes) is 2. The second-order valence-corrected chi connectivity index (χ2v) is 8.60. The van der Waals surface area contributed by atoms with E-state index in [0.29, 0.717) is 12.8 Å². The monoisotopic (exact) mass is 383 g/mol. The molecule has 0 aromatic rings. The van der Waals surface area contributed by atoms with Gasteiger partial charge in [-0.25, -0.2) is 0 Å². The van der Waals surface area contributed by atoms with Crippen LogP contribution in [0.15, 0.2) is 0 Å². The van der Waals surface area contributed by atoms with Crippen LogP contribution in [0.1, 0.15) is 91.9 Å². The summed E-state index contributed by atoms with van der Waals surface area (Å²) in [6.45, 7) is 7.45.